The van der Waals surface area contributed by atoms with Crippen molar-refractivity contribution in [3.05, 3.63) is 34.9 Å². The van der Waals surface area contributed by atoms with E-state index in [1.807, 2.05) is 6.07 Å². The molecule has 0 spiro atoms. The van der Waals surface area contributed by atoms with E-state index in [2.05, 4.69) is 30.0 Å². The van der Waals surface area contributed by atoms with E-state index in [0.29, 0.717) is 5.92 Å². The lowest BCUT2D eigenvalue weighted by molar-refractivity contribution is -0.131. The first-order valence-electron chi connectivity index (χ1n) is 9.56. The number of likely N-dealkylation sites (tertiary alicyclic amines) is 1. The zero-order valence-electron chi connectivity index (χ0n) is 14.5. The number of fused-ring (bicyclic) bond motifs is 1. The second-order valence-electron chi connectivity index (χ2n) is 8.91. The van der Waals surface area contributed by atoms with Crippen molar-refractivity contribution in [3.63, 3.8) is 0 Å². The molecule has 126 valence electrons. The summed E-state index contributed by atoms with van der Waals surface area (Å²) >= 11 is 0. The smallest absolute Gasteiger partial charge is 0.0991 e. The third-order valence-corrected chi connectivity index (χ3v) is 7.36. The van der Waals surface area contributed by atoms with Crippen LogP contribution in [0.25, 0.3) is 0 Å². The van der Waals surface area contributed by atoms with Gasteiger partial charge in [-0.25, -0.2) is 0 Å². The maximum absolute atomic E-state index is 11.9. The predicted molar refractivity (Wildman–Crippen MR) is 92.6 cm³/mol. The van der Waals surface area contributed by atoms with Crippen molar-refractivity contribution < 1.29 is 5.11 Å². The fraction of sp³-hybridized carbons (Fsp3) is 0.667. The van der Waals surface area contributed by atoms with Gasteiger partial charge in [0.15, 0.2) is 0 Å². The van der Waals surface area contributed by atoms with Crippen LogP contribution in [0.2, 0.25) is 0 Å². The van der Waals surface area contributed by atoms with E-state index in [4.69, 9.17) is 0 Å². The molecule has 24 heavy (non-hydrogen) atoms. The van der Waals surface area contributed by atoms with Gasteiger partial charge in [0.25, 0.3) is 0 Å². The Labute approximate surface area is 144 Å². The minimum atomic E-state index is -0.610. The molecule has 4 atom stereocenters. The Morgan fingerprint density at radius 3 is 2.92 bits per heavy atom. The van der Waals surface area contributed by atoms with Gasteiger partial charge in [0.05, 0.1) is 17.2 Å². The Morgan fingerprint density at radius 2 is 2.17 bits per heavy atom. The lowest BCUT2D eigenvalue weighted by Gasteiger charge is -2.59. The first kappa shape index (κ1) is 14.9. The number of nitrogens with zero attached hydrogens (tertiary/aromatic N) is 2. The molecule has 4 aliphatic rings. The summed E-state index contributed by atoms with van der Waals surface area (Å²) in [4.78, 5) is 2.61. The van der Waals surface area contributed by atoms with Crippen LogP contribution in [0.3, 0.4) is 0 Å². The second kappa shape index (κ2) is 4.84. The van der Waals surface area contributed by atoms with Crippen LogP contribution in [0.5, 0.6) is 0 Å². The molecule has 3 aliphatic carbocycles. The van der Waals surface area contributed by atoms with Crippen LogP contribution < -0.4 is 0 Å². The van der Waals surface area contributed by atoms with Gasteiger partial charge in [0.2, 0.25) is 0 Å². The molecule has 5 rings (SSSR count). The van der Waals surface area contributed by atoms with Gasteiger partial charge < -0.3 is 5.11 Å². The molecular weight excluding hydrogens is 296 g/mol. The van der Waals surface area contributed by atoms with Gasteiger partial charge in [-0.1, -0.05) is 13.0 Å². The highest BCUT2D eigenvalue weighted by Gasteiger charge is 2.66. The number of hydrogen-bond donors (Lipinski definition) is 1. The highest BCUT2D eigenvalue weighted by molar-refractivity contribution is 5.49. The molecule has 0 radical (unpaired) electrons. The lowest BCUT2D eigenvalue weighted by atomic mass is 9.56. The number of rotatable bonds is 2. The molecule has 1 aliphatic heterocycles. The van der Waals surface area contributed by atoms with Crippen LogP contribution in [0.1, 0.15) is 55.7 Å². The monoisotopic (exact) mass is 322 g/mol. The Bertz CT molecular complexity index is 734. The fourth-order valence-corrected chi connectivity index (χ4v) is 6.24. The molecule has 1 heterocycles. The SMILES string of the molecule is CC1C[C@]23CCN(CC4CC4)[C@H](Cc4ccc(C#N)cc42)[C@]3(O)C1. The van der Waals surface area contributed by atoms with Crippen molar-refractivity contribution in [2.75, 3.05) is 13.1 Å². The number of aliphatic hydroxyl groups is 1. The van der Waals surface area contributed by atoms with Crippen LogP contribution >= 0.6 is 0 Å². The highest BCUT2D eigenvalue weighted by atomic mass is 16.3. The van der Waals surface area contributed by atoms with E-state index in [1.54, 1.807) is 0 Å². The molecule has 2 bridgehead atoms. The van der Waals surface area contributed by atoms with Gasteiger partial charge in [-0.15, -0.1) is 0 Å². The number of hydrogen-bond acceptors (Lipinski definition) is 3. The molecule has 3 heteroatoms. The summed E-state index contributed by atoms with van der Waals surface area (Å²) in [6.45, 7) is 4.56. The molecule has 3 fully saturated rings. The zero-order chi connectivity index (χ0) is 16.5. The van der Waals surface area contributed by atoms with E-state index in [1.165, 1.54) is 30.5 Å². The van der Waals surface area contributed by atoms with Gasteiger partial charge in [0.1, 0.15) is 0 Å². The molecule has 1 aromatic rings. The van der Waals surface area contributed by atoms with Gasteiger partial charge in [0, 0.05) is 18.0 Å². The van der Waals surface area contributed by atoms with Crippen LogP contribution in [-0.4, -0.2) is 34.7 Å². The number of benzene rings is 1. The molecule has 0 amide bonds. The van der Waals surface area contributed by atoms with Crippen molar-refractivity contribution in [3.8, 4) is 6.07 Å². The van der Waals surface area contributed by atoms with E-state index < -0.39 is 5.60 Å². The van der Waals surface area contributed by atoms with E-state index in [9.17, 15) is 10.4 Å². The third-order valence-electron chi connectivity index (χ3n) is 7.36. The van der Waals surface area contributed by atoms with Crippen molar-refractivity contribution in [1.82, 2.24) is 4.90 Å². The molecule has 1 unspecified atom stereocenters. The maximum Gasteiger partial charge on any atom is 0.0991 e. The average molecular weight is 322 g/mol. The molecule has 0 aromatic heterocycles. The van der Waals surface area contributed by atoms with Gasteiger partial charge in [-0.3, -0.25) is 4.90 Å². The summed E-state index contributed by atoms with van der Waals surface area (Å²) in [5.41, 5.74) is 2.66. The minimum absolute atomic E-state index is 0.127. The second-order valence-corrected chi connectivity index (χ2v) is 8.91. The standard InChI is InChI=1S/C21H26N2O/c1-14-10-20-6-7-23(13-15-2-3-15)19(21(20,24)11-14)9-17-5-4-16(12-22)8-18(17)20/h4-5,8,14-15,19,24H,2-3,6-7,9-11,13H2,1H3/t14?,19-,20-,21-/m1/s1. The van der Waals surface area contributed by atoms with Crippen LogP contribution in [-0.2, 0) is 11.8 Å². The molecule has 1 N–H and O–H groups in total. The molecular formula is C21H26N2O. The summed E-state index contributed by atoms with van der Waals surface area (Å²) in [6, 6.07) is 8.77. The Morgan fingerprint density at radius 1 is 1.33 bits per heavy atom. The van der Waals surface area contributed by atoms with Crippen molar-refractivity contribution in [1.29, 1.82) is 5.26 Å². The van der Waals surface area contributed by atoms with Crippen LogP contribution in [0.4, 0.5) is 0 Å². The molecule has 3 nitrogen and oxygen atoms in total. The van der Waals surface area contributed by atoms with Gasteiger partial charge in [-0.2, -0.15) is 5.26 Å². The van der Waals surface area contributed by atoms with Gasteiger partial charge >= 0.3 is 0 Å². The quantitative estimate of drug-likeness (QED) is 0.910. The number of piperidine rings is 1. The van der Waals surface area contributed by atoms with Crippen molar-refractivity contribution >= 4 is 0 Å². The molecule has 1 saturated heterocycles. The first-order valence-corrected chi connectivity index (χ1v) is 9.56. The Kier molecular flexibility index (Phi) is 3.01. The summed E-state index contributed by atoms with van der Waals surface area (Å²) in [6.07, 6.45) is 6.70. The number of nitriles is 1. The fourth-order valence-electron chi connectivity index (χ4n) is 6.24. The first-order chi connectivity index (χ1) is 11.6. The predicted octanol–water partition coefficient (Wildman–Crippen LogP) is 3.00. The molecule has 1 aromatic carbocycles. The van der Waals surface area contributed by atoms with Crippen LogP contribution in [0, 0.1) is 23.2 Å². The highest BCUT2D eigenvalue weighted by Crippen LogP contribution is 2.61. The summed E-state index contributed by atoms with van der Waals surface area (Å²) in [7, 11) is 0. The van der Waals surface area contributed by atoms with Crippen molar-refractivity contribution in [2.45, 2.75) is 62.5 Å². The summed E-state index contributed by atoms with van der Waals surface area (Å²) in [5.74, 6) is 1.41. The van der Waals surface area contributed by atoms with E-state index >= 15 is 0 Å². The Balaban J connectivity index is 1.65. The summed E-state index contributed by atoms with van der Waals surface area (Å²) in [5, 5.41) is 21.3. The minimum Gasteiger partial charge on any atom is -0.387 e. The maximum atomic E-state index is 11.9. The topological polar surface area (TPSA) is 47.3 Å². The zero-order valence-corrected chi connectivity index (χ0v) is 14.5. The third kappa shape index (κ3) is 1.85. The van der Waals surface area contributed by atoms with E-state index in [0.717, 1.165) is 43.7 Å². The molecule has 2 saturated carbocycles. The van der Waals surface area contributed by atoms with Crippen molar-refractivity contribution in [2.24, 2.45) is 11.8 Å². The summed E-state index contributed by atoms with van der Waals surface area (Å²) < 4.78 is 0. The van der Waals surface area contributed by atoms with Crippen LogP contribution in [0.15, 0.2) is 18.2 Å². The van der Waals surface area contributed by atoms with E-state index in [-0.39, 0.29) is 11.5 Å². The average Bonchev–Trinajstić information content (AvgIpc) is 3.31. The largest absolute Gasteiger partial charge is 0.387 e. The Hall–Kier alpha value is -1.37. The normalized spacial score (nSPS) is 40.7. The lowest BCUT2D eigenvalue weighted by Crippen LogP contribution is -2.69. The van der Waals surface area contributed by atoms with Gasteiger partial charge in [-0.05, 0) is 80.2 Å².